The summed E-state index contributed by atoms with van der Waals surface area (Å²) >= 11 is 0. The Morgan fingerprint density at radius 2 is 1.63 bits per heavy atom. The fourth-order valence-corrected chi connectivity index (χ4v) is 3.07. The third-order valence-electron chi connectivity index (χ3n) is 4.55. The van der Waals surface area contributed by atoms with Gasteiger partial charge in [-0.15, -0.1) is 0 Å². The minimum Gasteiger partial charge on any atom is -0.493 e. The van der Waals surface area contributed by atoms with Gasteiger partial charge in [0.15, 0.2) is 11.5 Å². The molecule has 0 unspecified atom stereocenters. The Morgan fingerprint density at radius 1 is 1.00 bits per heavy atom. The molecule has 1 saturated heterocycles. The van der Waals surface area contributed by atoms with Gasteiger partial charge in [0, 0.05) is 32.3 Å². The van der Waals surface area contributed by atoms with Crippen molar-refractivity contribution < 1.29 is 18.7 Å². The Labute approximate surface area is 158 Å². The largest absolute Gasteiger partial charge is 0.493 e. The minimum atomic E-state index is -0.321. The van der Waals surface area contributed by atoms with E-state index in [0.717, 1.165) is 24.2 Å². The molecule has 1 aliphatic rings. The first kappa shape index (κ1) is 18.9. The standard InChI is InChI=1S/C21H23FN2O3/c1-26-19-8-5-16(13-20(19)27-2)18(15-3-6-17(22)7-4-15)14-21(25)24-11-9-23-10-12-24/h3-8,13-14,23H,9-12H2,1-2H3. The highest BCUT2D eigenvalue weighted by molar-refractivity contribution is 5.99. The summed E-state index contributed by atoms with van der Waals surface area (Å²) < 4.78 is 24.1. The van der Waals surface area contributed by atoms with E-state index in [0.29, 0.717) is 30.2 Å². The van der Waals surface area contributed by atoms with Gasteiger partial charge in [-0.3, -0.25) is 4.79 Å². The third-order valence-corrected chi connectivity index (χ3v) is 4.55. The van der Waals surface area contributed by atoms with Gasteiger partial charge in [0.05, 0.1) is 14.2 Å². The molecule has 0 spiro atoms. The average Bonchev–Trinajstić information content (AvgIpc) is 2.72. The zero-order chi connectivity index (χ0) is 19.2. The van der Waals surface area contributed by atoms with Gasteiger partial charge in [-0.25, -0.2) is 4.39 Å². The first-order chi connectivity index (χ1) is 13.1. The van der Waals surface area contributed by atoms with Crippen molar-refractivity contribution in [2.24, 2.45) is 0 Å². The molecule has 1 N–H and O–H groups in total. The molecule has 6 heteroatoms. The van der Waals surface area contributed by atoms with Crippen LogP contribution in [0.5, 0.6) is 11.5 Å². The second-order valence-electron chi connectivity index (χ2n) is 6.21. The second-order valence-corrected chi connectivity index (χ2v) is 6.21. The van der Waals surface area contributed by atoms with Crippen LogP contribution in [0.1, 0.15) is 11.1 Å². The lowest BCUT2D eigenvalue weighted by Gasteiger charge is -2.26. The summed E-state index contributed by atoms with van der Waals surface area (Å²) in [5, 5.41) is 3.23. The molecule has 1 amide bonds. The van der Waals surface area contributed by atoms with Crippen molar-refractivity contribution in [1.82, 2.24) is 10.2 Å². The number of halogens is 1. The molecule has 0 saturated carbocycles. The Hall–Kier alpha value is -2.86. The Balaban J connectivity index is 2.03. The highest BCUT2D eigenvalue weighted by atomic mass is 19.1. The number of rotatable bonds is 5. The molecule has 1 aliphatic heterocycles. The van der Waals surface area contributed by atoms with Crippen molar-refractivity contribution in [2.45, 2.75) is 0 Å². The summed E-state index contributed by atoms with van der Waals surface area (Å²) in [6.45, 7) is 2.89. The first-order valence-corrected chi connectivity index (χ1v) is 8.82. The number of ether oxygens (including phenoxy) is 2. The van der Waals surface area contributed by atoms with Crippen LogP contribution in [0.3, 0.4) is 0 Å². The molecule has 1 fully saturated rings. The van der Waals surface area contributed by atoms with Gasteiger partial charge < -0.3 is 19.7 Å². The summed E-state index contributed by atoms with van der Waals surface area (Å²) in [7, 11) is 3.14. The van der Waals surface area contributed by atoms with Crippen molar-refractivity contribution >= 4 is 11.5 Å². The van der Waals surface area contributed by atoms with E-state index >= 15 is 0 Å². The highest BCUT2D eigenvalue weighted by Crippen LogP contribution is 2.33. The monoisotopic (exact) mass is 370 g/mol. The maximum atomic E-state index is 13.4. The van der Waals surface area contributed by atoms with Gasteiger partial charge in [-0.2, -0.15) is 0 Å². The van der Waals surface area contributed by atoms with E-state index in [2.05, 4.69) is 5.32 Å². The molecule has 0 bridgehead atoms. The van der Waals surface area contributed by atoms with Crippen molar-refractivity contribution in [3.63, 3.8) is 0 Å². The number of amides is 1. The van der Waals surface area contributed by atoms with E-state index in [1.54, 1.807) is 43.4 Å². The van der Waals surface area contributed by atoms with Crippen LogP contribution in [0.4, 0.5) is 4.39 Å². The van der Waals surface area contributed by atoms with Crippen LogP contribution < -0.4 is 14.8 Å². The van der Waals surface area contributed by atoms with Gasteiger partial charge in [0.1, 0.15) is 5.82 Å². The molecule has 5 nitrogen and oxygen atoms in total. The van der Waals surface area contributed by atoms with Crippen molar-refractivity contribution in [3.05, 3.63) is 65.5 Å². The molecule has 1 heterocycles. The number of hydrogen-bond acceptors (Lipinski definition) is 4. The SMILES string of the molecule is COc1ccc(C(=CC(=O)N2CCNCC2)c2ccc(F)cc2)cc1OC. The van der Waals surface area contributed by atoms with Crippen LogP contribution in [0, 0.1) is 5.82 Å². The van der Waals surface area contributed by atoms with Gasteiger partial charge in [0.25, 0.3) is 0 Å². The highest BCUT2D eigenvalue weighted by Gasteiger charge is 2.17. The third kappa shape index (κ3) is 4.46. The van der Waals surface area contributed by atoms with E-state index < -0.39 is 0 Å². The lowest BCUT2D eigenvalue weighted by Crippen LogP contribution is -2.45. The molecule has 2 aromatic carbocycles. The Morgan fingerprint density at radius 3 is 2.26 bits per heavy atom. The number of carbonyl (C=O) groups excluding carboxylic acids is 1. The predicted octanol–water partition coefficient (Wildman–Crippen LogP) is 2.71. The van der Waals surface area contributed by atoms with E-state index in [4.69, 9.17) is 9.47 Å². The van der Waals surface area contributed by atoms with Crippen LogP contribution in [0.2, 0.25) is 0 Å². The fourth-order valence-electron chi connectivity index (χ4n) is 3.07. The summed E-state index contributed by atoms with van der Waals surface area (Å²) in [6.07, 6.45) is 1.61. The average molecular weight is 370 g/mol. The van der Waals surface area contributed by atoms with E-state index in [1.165, 1.54) is 12.1 Å². The molecule has 0 aliphatic carbocycles. The molecule has 3 rings (SSSR count). The topological polar surface area (TPSA) is 50.8 Å². The molecular weight excluding hydrogens is 347 g/mol. The molecule has 27 heavy (non-hydrogen) atoms. The van der Waals surface area contributed by atoms with Crippen LogP contribution in [0.15, 0.2) is 48.5 Å². The van der Waals surface area contributed by atoms with E-state index in [1.807, 2.05) is 12.1 Å². The van der Waals surface area contributed by atoms with Crippen molar-refractivity contribution in [1.29, 1.82) is 0 Å². The molecule has 0 radical (unpaired) electrons. The normalized spacial score (nSPS) is 14.8. The first-order valence-electron chi connectivity index (χ1n) is 8.82. The van der Waals surface area contributed by atoms with Crippen LogP contribution in [-0.2, 0) is 4.79 Å². The van der Waals surface area contributed by atoms with Crippen LogP contribution in [0.25, 0.3) is 5.57 Å². The van der Waals surface area contributed by atoms with Gasteiger partial charge in [-0.05, 0) is 41.0 Å². The number of carbonyl (C=O) groups is 1. The number of benzene rings is 2. The lowest BCUT2D eigenvalue weighted by atomic mass is 9.96. The number of nitrogens with one attached hydrogen (secondary N) is 1. The quantitative estimate of drug-likeness (QED) is 0.823. The van der Waals surface area contributed by atoms with Gasteiger partial charge in [-0.1, -0.05) is 18.2 Å². The molecule has 0 atom stereocenters. The van der Waals surface area contributed by atoms with E-state index in [9.17, 15) is 9.18 Å². The zero-order valence-corrected chi connectivity index (χ0v) is 15.5. The minimum absolute atomic E-state index is 0.0643. The smallest absolute Gasteiger partial charge is 0.247 e. The van der Waals surface area contributed by atoms with Crippen molar-refractivity contribution in [3.8, 4) is 11.5 Å². The van der Waals surface area contributed by atoms with Crippen LogP contribution >= 0.6 is 0 Å². The maximum absolute atomic E-state index is 13.4. The molecule has 2 aromatic rings. The van der Waals surface area contributed by atoms with E-state index in [-0.39, 0.29) is 11.7 Å². The molecule has 0 aromatic heterocycles. The summed E-state index contributed by atoms with van der Waals surface area (Å²) in [4.78, 5) is 14.6. The second kappa shape index (κ2) is 8.68. The summed E-state index contributed by atoms with van der Waals surface area (Å²) in [6, 6.07) is 11.6. The Bertz CT molecular complexity index is 828. The number of nitrogens with zero attached hydrogens (tertiary/aromatic N) is 1. The van der Waals surface area contributed by atoms with Gasteiger partial charge in [0.2, 0.25) is 5.91 Å². The zero-order valence-electron chi connectivity index (χ0n) is 15.5. The number of methoxy groups -OCH3 is 2. The van der Waals surface area contributed by atoms with Crippen molar-refractivity contribution in [2.75, 3.05) is 40.4 Å². The molecular formula is C21H23FN2O3. The maximum Gasteiger partial charge on any atom is 0.247 e. The fraction of sp³-hybridized carbons (Fsp3) is 0.286. The van der Waals surface area contributed by atoms with Gasteiger partial charge >= 0.3 is 0 Å². The summed E-state index contributed by atoms with van der Waals surface area (Å²) in [5.74, 6) is 0.787. The molecule has 142 valence electrons. The number of piperazine rings is 1. The summed E-state index contributed by atoms with van der Waals surface area (Å²) in [5.41, 5.74) is 2.26. The Kier molecular flexibility index (Phi) is 6.08. The van der Waals surface area contributed by atoms with Crippen LogP contribution in [-0.4, -0.2) is 51.2 Å². The lowest BCUT2D eigenvalue weighted by molar-refractivity contribution is -0.126. The predicted molar refractivity (Wildman–Crippen MR) is 102 cm³/mol. The number of hydrogen-bond donors (Lipinski definition) is 1.